The van der Waals surface area contributed by atoms with Gasteiger partial charge in [-0.1, -0.05) is 44.9 Å². The van der Waals surface area contributed by atoms with Crippen LogP contribution in [0.5, 0.6) is 0 Å². The fraction of sp³-hybridized carbons (Fsp3) is 0.938. The van der Waals surface area contributed by atoms with Gasteiger partial charge in [0.2, 0.25) is 5.91 Å². The molecule has 19 heavy (non-hydrogen) atoms. The van der Waals surface area contributed by atoms with E-state index < -0.39 is 0 Å². The van der Waals surface area contributed by atoms with E-state index >= 15 is 0 Å². The number of carbonyl (C=O) groups is 1. The number of amides is 1. The number of hydrogen-bond donors (Lipinski definition) is 1. The molecule has 0 aromatic rings. The maximum absolute atomic E-state index is 11.9. The Bertz CT molecular complexity index is 233. The van der Waals surface area contributed by atoms with Crippen LogP contribution in [0.25, 0.3) is 0 Å². The van der Waals surface area contributed by atoms with Crippen LogP contribution in [-0.2, 0) is 4.79 Å². The maximum Gasteiger partial charge on any atom is 0.222 e. The van der Waals surface area contributed by atoms with Gasteiger partial charge >= 0.3 is 0 Å². The van der Waals surface area contributed by atoms with Crippen molar-refractivity contribution >= 4 is 18.5 Å². The van der Waals surface area contributed by atoms with Gasteiger partial charge in [0.05, 0.1) is 0 Å². The van der Waals surface area contributed by atoms with Crippen LogP contribution in [0.1, 0.15) is 77.0 Å². The van der Waals surface area contributed by atoms with E-state index in [4.69, 9.17) is 0 Å². The van der Waals surface area contributed by atoms with Gasteiger partial charge in [-0.2, -0.15) is 12.6 Å². The lowest BCUT2D eigenvalue weighted by Crippen LogP contribution is -2.33. The predicted octanol–water partition coefficient (Wildman–Crippen LogP) is 4.44. The molecule has 0 radical (unpaired) electrons. The van der Waals surface area contributed by atoms with E-state index in [-0.39, 0.29) is 0 Å². The lowest BCUT2D eigenvalue weighted by Gasteiger charge is -2.24. The molecule has 0 atom stereocenters. The first-order valence-corrected chi connectivity index (χ1v) is 8.86. The van der Waals surface area contributed by atoms with E-state index in [2.05, 4.69) is 17.5 Å². The zero-order valence-corrected chi connectivity index (χ0v) is 13.3. The highest BCUT2D eigenvalue weighted by Gasteiger charge is 2.14. The summed E-state index contributed by atoms with van der Waals surface area (Å²) in [7, 11) is 0. The molecule has 0 spiro atoms. The summed E-state index contributed by atoms with van der Waals surface area (Å²) in [5, 5.41) is 0. The van der Waals surface area contributed by atoms with E-state index in [1.807, 2.05) is 0 Å². The van der Waals surface area contributed by atoms with Crippen molar-refractivity contribution < 1.29 is 4.79 Å². The first-order chi connectivity index (χ1) is 9.34. The largest absolute Gasteiger partial charge is 0.343 e. The topological polar surface area (TPSA) is 20.3 Å². The molecule has 0 N–H and O–H groups in total. The summed E-state index contributed by atoms with van der Waals surface area (Å²) >= 11 is 4.23. The minimum atomic E-state index is 0.397. The molecule has 0 saturated carbocycles. The van der Waals surface area contributed by atoms with Gasteiger partial charge in [0.1, 0.15) is 0 Å². The van der Waals surface area contributed by atoms with E-state index in [9.17, 15) is 4.79 Å². The summed E-state index contributed by atoms with van der Waals surface area (Å²) in [6.45, 7) is 2.00. The molecule has 0 bridgehead atoms. The number of thiol groups is 1. The molecular formula is C16H31NOS. The zero-order chi connectivity index (χ0) is 13.8. The van der Waals surface area contributed by atoms with Gasteiger partial charge in [-0.25, -0.2) is 0 Å². The minimum absolute atomic E-state index is 0.397. The summed E-state index contributed by atoms with van der Waals surface area (Å²) in [5.74, 6) is 1.42. The van der Waals surface area contributed by atoms with E-state index in [0.29, 0.717) is 5.91 Å². The van der Waals surface area contributed by atoms with Crippen LogP contribution in [0, 0.1) is 0 Å². The maximum atomic E-state index is 11.9. The van der Waals surface area contributed by atoms with E-state index in [1.54, 1.807) is 0 Å². The van der Waals surface area contributed by atoms with Crippen LogP contribution in [0.15, 0.2) is 0 Å². The van der Waals surface area contributed by atoms with Crippen molar-refractivity contribution in [1.82, 2.24) is 4.90 Å². The van der Waals surface area contributed by atoms with Crippen LogP contribution in [0.4, 0.5) is 0 Å². The number of nitrogens with zero attached hydrogens (tertiary/aromatic N) is 1. The van der Waals surface area contributed by atoms with Gasteiger partial charge in [-0.15, -0.1) is 0 Å². The fourth-order valence-corrected chi connectivity index (χ4v) is 2.97. The second-order valence-electron chi connectivity index (χ2n) is 5.74. The van der Waals surface area contributed by atoms with Crippen LogP contribution in [0.3, 0.4) is 0 Å². The first-order valence-electron chi connectivity index (χ1n) is 8.23. The molecule has 1 aliphatic heterocycles. The highest BCUT2D eigenvalue weighted by Crippen LogP contribution is 2.13. The highest BCUT2D eigenvalue weighted by atomic mass is 32.1. The van der Waals surface area contributed by atoms with Crippen molar-refractivity contribution in [2.24, 2.45) is 0 Å². The van der Waals surface area contributed by atoms with E-state index in [1.165, 1.54) is 64.2 Å². The molecule has 1 amide bonds. The van der Waals surface area contributed by atoms with Gasteiger partial charge in [0.15, 0.2) is 0 Å². The van der Waals surface area contributed by atoms with Crippen LogP contribution in [0.2, 0.25) is 0 Å². The van der Waals surface area contributed by atoms with Gasteiger partial charge in [-0.05, 0) is 31.4 Å². The molecule has 1 heterocycles. The van der Waals surface area contributed by atoms with Crippen LogP contribution in [-0.4, -0.2) is 29.6 Å². The molecule has 0 aromatic heterocycles. The number of carbonyl (C=O) groups excluding carboxylic acids is 1. The predicted molar refractivity (Wildman–Crippen MR) is 85.8 cm³/mol. The van der Waals surface area contributed by atoms with Crippen molar-refractivity contribution in [3.8, 4) is 0 Å². The van der Waals surface area contributed by atoms with Crippen molar-refractivity contribution in [3.05, 3.63) is 0 Å². The fourth-order valence-electron chi connectivity index (χ4n) is 2.75. The number of hydrogen-bond acceptors (Lipinski definition) is 2. The molecule has 0 aromatic carbocycles. The molecule has 112 valence electrons. The van der Waals surface area contributed by atoms with E-state index in [0.717, 1.165) is 31.7 Å². The SMILES string of the molecule is O=C1CCCCCCN1CCCCCCCCCS. The van der Waals surface area contributed by atoms with Crippen molar-refractivity contribution in [3.63, 3.8) is 0 Å². The molecule has 1 saturated heterocycles. The molecule has 0 unspecified atom stereocenters. The summed E-state index contributed by atoms with van der Waals surface area (Å²) in [5.41, 5.74) is 0. The first kappa shape index (κ1) is 16.9. The molecule has 1 rings (SSSR count). The second-order valence-corrected chi connectivity index (χ2v) is 6.19. The quantitative estimate of drug-likeness (QED) is 0.490. The van der Waals surface area contributed by atoms with Gasteiger partial charge in [0.25, 0.3) is 0 Å². The Labute approximate surface area is 124 Å². The Morgan fingerprint density at radius 3 is 2.21 bits per heavy atom. The van der Waals surface area contributed by atoms with Gasteiger partial charge in [-0.3, -0.25) is 4.79 Å². The van der Waals surface area contributed by atoms with Gasteiger partial charge < -0.3 is 4.90 Å². The van der Waals surface area contributed by atoms with Crippen molar-refractivity contribution in [2.45, 2.75) is 77.0 Å². The third kappa shape index (κ3) is 8.56. The summed E-state index contributed by atoms with van der Waals surface area (Å²) < 4.78 is 0. The van der Waals surface area contributed by atoms with Gasteiger partial charge in [0, 0.05) is 19.5 Å². The molecule has 1 fully saturated rings. The monoisotopic (exact) mass is 285 g/mol. The Balaban J connectivity index is 1.99. The molecule has 2 nitrogen and oxygen atoms in total. The Hall–Kier alpha value is -0.180. The Morgan fingerprint density at radius 1 is 0.842 bits per heavy atom. The Morgan fingerprint density at radius 2 is 1.47 bits per heavy atom. The smallest absolute Gasteiger partial charge is 0.222 e. The second kappa shape index (κ2) is 11.6. The average Bonchev–Trinajstić information content (AvgIpc) is 2.40. The Kier molecular flexibility index (Phi) is 10.3. The molecule has 0 aliphatic carbocycles. The third-order valence-corrected chi connectivity index (χ3v) is 4.32. The van der Waals surface area contributed by atoms with Crippen LogP contribution >= 0.6 is 12.6 Å². The number of unbranched alkanes of at least 4 members (excludes halogenated alkanes) is 6. The zero-order valence-electron chi connectivity index (χ0n) is 12.4. The third-order valence-electron chi connectivity index (χ3n) is 4.01. The molecule has 1 aliphatic rings. The van der Waals surface area contributed by atoms with Crippen LogP contribution < -0.4 is 0 Å². The summed E-state index contributed by atoms with van der Waals surface area (Å²) in [4.78, 5) is 14.0. The molecular weight excluding hydrogens is 254 g/mol. The summed E-state index contributed by atoms with van der Waals surface area (Å²) in [6, 6.07) is 0. The highest BCUT2D eigenvalue weighted by molar-refractivity contribution is 7.80. The molecule has 3 heteroatoms. The van der Waals surface area contributed by atoms with Crippen molar-refractivity contribution in [1.29, 1.82) is 0 Å². The number of likely N-dealkylation sites (tertiary alicyclic amines) is 1. The lowest BCUT2D eigenvalue weighted by molar-refractivity contribution is -0.131. The lowest BCUT2D eigenvalue weighted by atomic mass is 10.1. The average molecular weight is 285 g/mol. The summed E-state index contributed by atoms with van der Waals surface area (Å²) in [6.07, 6.45) is 14.7. The van der Waals surface area contributed by atoms with Crippen molar-refractivity contribution in [2.75, 3.05) is 18.8 Å². The minimum Gasteiger partial charge on any atom is -0.343 e. The number of rotatable bonds is 9. The normalized spacial score (nSPS) is 17.3. The standard InChI is InChI=1S/C16H31NOS/c18-16-12-8-4-6-10-14-17(16)13-9-5-2-1-3-7-11-15-19/h19H,1-15H2.